The summed E-state index contributed by atoms with van der Waals surface area (Å²) in [5.41, 5.74) is 0.0613. The first-order chi connectivity index (χ1) is 30.3. The van der Waals surface area contributed by atoms with E-state index >= 15 is 0 Å². The molecule has 12 heteroatoms. The highest BCUT2D eigenvalue weighted by atomic mass is 16.2. The van der Waals surface area contributed by atoms with Crippen molar-refractivity contribution in [3.8, 4) is 0 Å². The fraction of sp³-hybridized carbons (Fsp3) is 0.846. The lowest BCUT2D eigenvalue weighted by molar-refractivity contribution is -0.140. The molecule has 10 rings (SSSR count). The summed E-state index contributed by atoms with van der Waals surface area (Å²) in [6, 6.07) is 2.55. The lowest BCUT2D eigenvalue weighted by atomic mass is 9.77. The molecule has 0 bridgehead atoms. The van der Waals surface area contributed by atoms with Crippen molar-refractivity contribution < 1.29 is 28.8 Å². The molecule has 7 unspecified atom stereocenters. The van der Waals surface area contributed by atoms with E-state index in [0.29, 0.717) is 77.5 Å². The second-order valence-corrected chi connectivity index (χ2v) is 20.7. The Hall–Kier alpha value is -3.44. The summed E-state index contributed by atoms with van der Waals surface area (Å²) in [5, 5.41) is 17.5. The Labute approximate surface area is 387 Å². The van der Waals surface area contributed by atoms with Crippen LogP contribution in [0.1, 0.15) is 209 Å². The zero-order valence-electron chi connectivity index (χ0n) is 39.8. The van der Waals surface area contributed by atoms with Gasteiger partial charge in [0.25, 0.3) is 0 Å². The van der Waals surface area contributed by atoms with Gasteiger partial charge in [-0.3, -0.25) is 28.8 Å². The van der Waals surface area contributed by atoms with Gasteiger partial charge in [0, 0.05) is 35.7 Å². The summed E-state index contributed by atoms with van der Waals surface area (Å²) in [7, 11) is 0. The van der Waals surface area contributed by atoms with Crippen molar-refractivity contribution in [1.29, 1.82) is 0 Å². The van der Waals surface area contributed by atoms with Gasteiger partial charge in [-0.1, -0.05) is 123 Å². The quantitative estimate of drug-likeness (QED) is 0.120. The molecule has 0 aromatic heterocycles. The van der Waals surface area contributed by atoms with E-state index in [1.807, 2.05) is 20.8 Å². The zero-order chi connectivity index (χ0) is 45.4. The van der Waals surface area contributed by atoms with Crippen LogP contribution in [0.3, 0.4) is 0 Å². The second kappa shape index (κ2) is 26.6. The lowest BCUT2D eigenvalue weighted by Gasteiger charge is -2.43. The second-order valence-electron chi connectivity index (χ2n) is 20.7. The number of carbonyl (C=O) groups is 6. The van der Waals surface area contributed by atoms with E-state index < -0.39 is 0 Å². The lowest BCUT2D eigenvalue weighted by Crippen LogP contribution is -2.65. The SMILES string of the molecule is C.CCC1C(=O)NC1(C)C.CCC1C(=O)N[C@H]1C.O=C1NC2CCCCCCCCCCC12.O=C1N[C@@H]2CC/C=C\CCC12.O=C1N[C@@H]2CCCCC12.O=C1N[C@@H]2CCCCCCC12. The molecule has 64 heavy (non-hydrogen) atoms. The van der Waals surface area contributed by atoms with E-state index in [-0.39, 0.29) is 36.6 Å². The van der Waals surface area contributed by atoms with Crippen molar-refractivity contribution in [3.05, 3.63) is 12.2 Å². The summed E-state index contributed by atoms with van der Waals surface area (Å²) in [5.74, 6) is 3.65. The number of amides is 6. The third kappa shape index (κ3) is 15.0. The van der Waals surface area contributed by atoms with Crippen molar-refractivity contribution in [1.82, 2.24) is 31.9 Å². The number of nitrogens with one attached hydrogen (secondary N) is 6. The maximum Gasteiger partial charge on any atom is 0.225 e. The van der Waals surface area contributed by atoms with E-state index in [1.165, 1.54) is 109 Å². The summed E-state index contributed by atoms with van der Waals surface area (Å²) in [4.78, 5) is 65.5. The third-order valence-corrected chi connectivity index (χ3v) is 15.7. The van der Waals surface area contributed by atoms with Gasteiger partial charge in [0.1, 0.15) is 0 Å². The third-order valence-electron chi connectivity index (χ3n) is 15.7. The Kier molecular flexibility index (Phi) is 22.1. The zero-order valence-corrected chi connectivity index (χ0v) is 39.8. The first-order valence-corrected chi connectivity index (χ1v) is 25.8. The van der Waals surface area contributed by atoms with Crippen molar-refractivity contribution in [3.63, 3.8) is 0 Å². The molecule has 10 aliphatic rings. The highest BCUT2D eigenvalue weighted by Gasteiger charge is 2.45. The Morgan fingerprint density at radius 2 is 0.781 bits per heavy atom. The highest BCUT2D eigenvalue weighted by molar-refractivity contribution is 5.88. The van der Waals surface area contributed by atoms with Crippen molar-refractivity contribution in [2.24, 2.45) is 35.5 Å². The van der Waals surface area contributed by atoms with Crippen LogP contribution in [0.5, 0.6) is 0 Å². The first-order valence-electron chi connectivity index (χ1n) is 25.8. The minimum absolute atomic E-state index is 0. The molecule has 4 aliphatic carbocycles. The van der Waals surface area contributed by atoms with Crippen molar-refractivity contribution in [2.75, 3.05) is 0 Å². The largest absolute Gasteiger partial charge is 0.353 e. The molecule has 11 atom stereocenters. The van der Waals surface area contributed by atoms with Gasteiger partial charge < -0.3 is 31.9 Å². The summed E-state index contributed by atoms with van der Waals surface area (Å²) in [6.45, 7) is 10.2. The monoisotopic (exact) mass is 895 g/mol. The fourth-order valence-electron chi connectivity index (χ4n) is 11.3. The Morgan fingerprint density at radius 1 is 0.438 bits per heavy atom. The van der Waals surface area contributed by atoms with Crippen LogP contribution < -0.4 is 31.9 Å². The van der Waals surface area contributed by atoms with Crippen LogP contribution in [0.4, 0.5) is 0 Å². The van der Waals surface area contributed by atoms with Gasteiger partial charge in [0.05, 0.1) is 35.5 Å². The summed E-state index contributed by atoms with van der Waals surface area (Å²) < 4.78 is 0. The molecular formula is C52H90N6O6. The van der Waals surface area contributed by atoms with Gasteiger partial charge in [-0.2, -0.15) is 0 Å². The normalized spacial score (nSPS) is 35.7. The molecule has 6 saturated heterocycles. The minimum atomic E-state index is 0. The molecule has 6 N–H and O–H groups in total. The average Bonchev–Trinajstić information content (AvgIpc) is 3.22. The molecule has 6 heterocycles. The van der Waals surface area contributed by atoms with Crippen molar-refractivity contribution in [2.45, 2.75) is 245 Å². The van der Waals surface area contributed by atoms with Crippen LogP contribution in [0.2, 0.25) is 0 Å². The number of hydrogen-bond acceptors (Lipinski definition) is 6. The molecule has 6 aliphatic heterocycles. The number of β-lactam (4-membered cyclic amide) rings is 6. The Bertz CT molecular complexity index is 1550. The molecule has 0 spiro atoms. The topological polar surface area (TPSA) is 175 Å². The highest BCUT2D eigenvalue weighted by Crippen LogP contribution is 2.32. The molecule has 3 saturated carbocycles. The maximum absolute atomic E-state index is 11.4. The molecule has 364 valence electrons. The standard InChI is InChI=1S/C13H23NO.C9H15NO.C9H13NO.C7H11NO.C7H13NO.C6H11NO.CH4/c15-13-11-9-7-5-3-1-2-4-6-8-10-12(11)14-13;2*11-9-7-5-3-1-2-4-6-8(7)10-9;9-7-5-3-1-2-4-6(5)8-7;1-4-5-6(9)8-7(5,2)3;1-3-5-4(2)7-6(5)8;/h11-12H,1-10H2,(H,14,15);7-8H,1-6H2,(H,10,11);1-2,7-8H,3-6H2,(H,10,11);5-6H,1-4H2,(H,8,9);5H,4H2,1-3H3,(H,8,9);4-5H,3H2,1-2H3,(H,7,8);1H4/b;;2-1-;;;;/t;2*7?,8-;5?,6-;;4-,5?;/m.111.0./s1. The van der Waals surface area contributed by atoms with E-state index in [0.717, 1.165) is 57.8 Å². The van der Waals surface area contributed by atoms with Crippen LogP contribution in [-0.2, 0) is 28.8 Å². The van der Waals surface area contributed by atoms with Gasteiger partial charge in [-0.15, -0.1) is 0 Å². The predicted octanol–water partition coefficient (Wildman–Crippen LogP) is 8.47. The number of rotatable bonds is 2. The van der Waals surface area contributed by atoms with E-state index in [4.69, 9.17) is 0 Å². The summed E-state index contributed by atoms with van der Waals surface area (Å²) in [6.07, 6.45) is 36.5. The van der Waals surface area contributed by atoms with E-state index in [1.54, 1.807) is 0 Å². The number of allylic oxidation sites excluding steroid dienone is 2. The van der Waals surface area contributed by atoms with Gasteiger partial charge in [0.2, 0.25) is 35.4 Å². The van der Waals surface area contributed by atoms with Gasteiger partial charge in [-0.25, -0.2) is 0 Å². The van der Waals surface area contributed by atoms with E-state index in [2.05, 4.69) is 57.9 Å². The molecule has 6 amide bonds. The van der Waals surface area contributed by atoms with Gasteiger partial charge in [0.15, 0.2) is 0 Å². The molecule has 0 aromatic carbocycles. The number of hydrogen-bond donors (Lipinski definition) is 6. The van der Waals surface area contributed by atoms with E-state index in [9.17, 15) is 28.8 Å². The van der Waals surface area contributed by atoms with Gasteiger partial charge >= 0.3 is 0 Å². The number of fused-ring (bicyclic) bond motifs is 4. The number of carbonyl (C=O) groups excluding carboxylic acids is 6. The van der Waals surface area contributed by atoms with Crippen LogP contribution in [0.15, 0.2) is 12.2 Å². The average molecular weight is 895 g/mol. The van der Waals surface area contributed by atoms with Crippen molar-refractivity contribution >= 4 is 35.4 Å². The molecular weight excluding hydrogens is 805 g/mol. The van der Waals surface area contributed by atoms with Crippen LogP contribution in [-0.4, -0.2) is 71.2 Å². The maximum atomic E-state index is 11.4. The predicted molar refractivity (Wildman–Crippen MR) is 256 cm³/mol. The molecule has 0 radical (unpaired) electrons. The molecule has 0 aromatic rings. The Morgan fingerprint density at radius 3 is 1.09 bits per heavy atom. The smallest absolute Gasteiger partial charge is 0.225 e. The van der Waals surface area contributed by atoms with Gasteiger partial charge in [-0.05, 0) is 97.8 Å². The molecule has 9 fully saturated rings. The van der Waals surface area contributed by atoms with Crippen LogP contribution >= 0.6 is 0 Å². The van der Waals surface area contributed by atoms with Crippen LogP contribution in [0, 0.1) is 35.5 Å². The fourth-order valence-corrected chi connectivity index (χ4v) is 11.3. The summed E-state index contributed by atoms with van der Waals surface area (Å²) >= 11 is 0. The molecule has 12 nitrogen and oxygen atoms in total. The first kappa shape index (κ1) is 53.2. The van der Waals surface area contributed by atoms with Crippen LogP contribution in [0.25, 0.3) is 0 Å². The Balaban J connectivity index is 0.000000170. The minimum Gasteiger partial charge on any atom is -0.353 e.